The molecule has 0 fully saturated rings. The van der Waals surface area contributed by atoms with Crippen LogP contribution >= 0.6 is 0 Å². The van der Waals surface area contributed by atoms with E-state index in [1.165, 1.54) is 50.1 Å². The lowest BCUT2D eigenvalue weighted by Gasteiger charge is -2.24. The van der Waals surface area contributed by atoms with Crippen molar-refractivity contribution in [2.24, 2.45) is 17.8 Å². The summed E-state index contributed by atoms with van der Waals surface area (Å²) in [5, 5.41) is 0. The summed E-state index contributed by atoms with van der Waals surface area (Å²) in [6, 6.07) is 35.4. The molecule has 0 aliphatic heterocycles. The van der Waals surface area contributed by atoms with Crippen LogP contribution in [0.1, 0.15) is 56.9 Å². The van der Waals surface area contributed by atoms with Gasteiger partial charge in [-0.2, -0.15) is 0 Å². The molecule has 3 unspecified atom stereocenters. The molecule has 0 saturated heterocycles. The van der Waals surface area contributed by atoms with Crippen LogP contribution < -0.4 is 0 Å². The van der Waals surface area contributed by atoms with Gasteiger partial charge in [-0.3, -0.25) is 0 Å². The van der Waals surface area contributed by atoms with Crippen LogP contribution in [0.5, 0.6) is 0 Å². The molecule has 3 atom stereocenters. The summed E-state index contributed by atoms with van der Waals surface area (Å²) in [5.41, 5.74) is 18.5. The van der Waals surface area contributed by atoms with E-state index in [0.29, 0.717) is 17.8 Å². The van der Waals surface area contributed by atoms with Gasteiger partial charge in [0.05, 0.1) is 0 Å². The van der Waals surface area contributed by atoms with E-state index >= 15 is 0 Å². The molecule has 3 aliphatic carbocycles. The minimum atomic E-state index is 0.339. The predicted molar refractivity (Wildman–Crippen MR) is 273 cm³/mol. The Balaban J connectivity index is 1.55. The Hall–Kier alpha value is -7.02. The van der Waals surface area contributed by atoms with Crippen molar-refractivity contribution in [1.29, 1.82) is 0 Å². The number of benzene rings is 4. The van der Waals surface area contributed by atoms with E-state index in [-0.39, 0.29) is 0 Å². The van der Waals surface area contributed by atoms with Crippen LogP contribution in [0.2, 0.25) is 0 Å². The number of allylic oxidation sites excluding steroid dienone is 28. The van der Waals surface area contributed by atoms with E-state index in [1.807, 2.05) is 12.2 Å². The third kappa shape index (κ3) is 9.78. The van der Waals surface area contributed by atoms with Crippen molar-refractivity contribution in [1.82, 2.24) is 0 Å². The highest BCUT2D eigenvalue weighted by molar-refractivity contribution is 6.03. The summed E-state index contributed by atoms with van der Waals surface area (Å²) < 4.78 is 0. The second-order valence-corrected chi connectivity index (χ2v) is 16.2. The van der Waals surface area contributed by atoms with Gasteiger partial charge in [-0.15, -0.1) is 0 Å². The fraction of sp³-hybridized carbons (Fsp3) is 0.129. The first kappa shape index (κ1) is 43.1. The van der Waals surface area contributed by atoms with Gasteiger partial charge in [0.15, 0.2) is 0 Å². The Morgan fingerprint density at radius 2 is 1.06 bits per heavy atom. The first-order valence-electron chi connectivity index (χ1n) is 21.9. The molecule has 4 aromatic carbocycles. The van der Waals surface area contributed by atoms with Crippen molar-refractivity contribution in [2.45, 2.75) is 34.6 Å². The minimum absolute atomic E-state index is 0.339. The molecule has 0 bridgehead atoms. The highest BCUT2D eigenvalue weighted by Gasteiger charge is 2.23. The van der Waals surface area contributed by atoms with Crippen LogP contribution in [-0.2, 0) is 0 Å². The minimum Gasteiger partial charge on any atom is -0.0990 e. The maximum Gasteiger partial charge on any atom is -0.00206 e. The van der Waals surface area contributed by atoms with Crippen LogP contribution in [0.15, 0.2) is 254 Å². The van der Waals surface area contributed by atoms with E-state index < -0.39 is 0 Å². The lowest BCUT2D eigenvalue weighted by atomic mass is 9.80. The zero-order valence-electron chi connectivity index (χ0n) is 36.9. The number of hydrogen-bond acceptors (Lipinski definition) is 0. The Kier molecular flexibility index (Phi) is 14.2. The maximum absolute atomic E-state index is 4.42. The number of hydrogen-bond donors (Lipinski definition) is 0. The zero-order valence-corrected chi connectivity index (χ0v) is 36.9. The summed E-state index contributed by atoms with van der Waals surface area (Å²) in [6.07, 6.45) is 44.1. The molecule has 62 heavy (non-hydrogen) atoms. The highest BCUT2D eigenvalue weighted by atomic mass is 14.3. The van der Waals surface area contributed by atoms with Crippen LogP contribution in [0.3, 0.4) is 0 Å². The summed E-state index contributed by atoms with van der Waals surface area (Å²) >= 11 is 0. The second-order valence-electron chi connectivity index (χ2n) is 16.2. The van der Waals surface area contributed by atoms with Gasteiger partial charge in [-0.25, -0.2) is 0 Å². The van der Waals surface area contributed by atoms with Crippen molar-refractivity contribution in [2.75, 3.05) is 0 Å². The van der Waals surface area contributed by atoms with Crippen molar-refractivity contribution in [3.63, 3.8) is 0 Å². The Labute approximate surface area is 371 Å². The Morgan fingerprint density at radius 1 is 0.548 bits per heavy atom. The second kappa shape index (κ2) is 20.5. The summed E-state index contributed by atoms with van der Waals surface area (Å²) in [5.74, 6) is 1.05. The molecule has 306 valence electrons. The molecule has 0 nitrogen and oxygen atoms in total. The summed E-state index contributed by atoms with van der Waals surface area (Å²) in [7, 11) is 0. The van der Waals surface area contributed by atoms with E-state index in [9.17, 15) is 0 Å². The highest BCUT2D eigenvalue weighted by Crippen LogP contribution is 2.46. The molecule has 0 amide bonds. The molecular weight excluding hydrogens is 745 g/mol. The first-order chi connectivity index (χ1) is 30.3. The SMILES string of the molecule is C=C/C=C(\C=C/C)C(=C(/C=C)c1ccccc1)/C(=C(\C)C1=CC=CC(C)C=C1)c1ccc(-c2c(C3=CC=CC(C)C=C3)ccc(C3=CC=CC(C)C=C3)c2-c2ccccc2)cc1. The van der Waals surface area contributed by atoms with Gasteiger partial charge in [0.25, 0.3) is 0 Å². The van der Waals surface area contributed by atoms with Gasteiger partial charge >= 0.3 is 0 Å². The number of rotatable bonds is 12. The smallest absolute Gasteiger partial charge is 0.00206 e. The van der Waals surface area contributed by atoms with Crippen molar-refractivity contribution >= 4 is 22.3 Å². The van der Waals surface area contributed by atoms with Crippen molar-refractivity contribution in [3.8, 4) is 22.3 Å². The predicted octanol–water partition coefficient (Wildman–Crippen LogP) is 17.1. The molecule has 0 radical (unpaired) electrons. The van der Waals surface area contributed by atoms with Gasteiger partial charge in [-0.05, 0) is 121 Å². The largest absolute Gasteiger partial charge is 0.0990 e. The normalized spacial score (nSPS) is 19.5. The molecule has 0 spiro atoms. The van der Waals surface area contributed by atoms with Crippen LogP contribution in [0.4, 0.5) is 0 Å². The van der Waals surface area contributed by atoms with Gasteiger partial charge in [-0.1, -0.05) is 253 Å². The molecule has 7 rings (SSSR count). The Bertz CT molecular complexity index is 2710. The van der Waals surface area contributed by atoms with Gasteiger partial charge < -0.3 is 0 Å². The average Bonchev–Trinajstić information content (AvgIpc) is 3.77. The summed E-state index contributed by atoms with van der Waals surface area (Å²) in [4.78, 5) is 0. The van der Waals surface area contributed by atoms with Crippen LogP contribution in [0.25, 0.3) is 44.5 Å². The van der Waals surface area contributed by atoms with Gasteiger partial charge in [0.1, 0.15) is 0 Å². The third-order valence-electron chi connectivity index (χ3n) is 11.7. The molecule has 0 aromatic heterocycles. The van der Waals surface area contributed by atoms with E-state index in [2.05, 4.69) is 254 Å². The molecule has 0 heterocycles. The maximum atomic E-state index is 4.42. The van der Waals surface area contributed by atoms with E-state index in [0.717, 1.165) is 39.0 Å². The van der Waals surface area contributed by atoms with Crippen molar-refractivity contribution < 1.29 is 0 Å². The lowest BCUT2D eigenvalue weighted by molar-refractivity contribution is 0.942. The van der Waals surface area contributed by atoms with E-state index in [4.69, 9.17) is 0 Å². The Morgan fingerprint density at radius 3 is 1.60 bits per heavy atom. The lowest BCUT2D eigenvalue weighted by Crippen LogP contribution is -2.03. The standard InChI is InChI=1S/C62H58/c1-8-20-52(21-9-2)60(56(10-3)49-25-13-11-14-26-49)59(47(7)48-29-17-22-44(4)32-35-48)54-38-40-55(41-39-54)62-58(51-31-19-24-46(6)34-37-51)43-42-57(50-30-18-23-45(5)33-36-50)61(62)53-27-15-12-16-28-53/h8-46H,1,3H2,2,4-7H3/b21-9-,52-20+,59-47+,60-56+. The summed E-state index contributed by atoms with van der Waals surface area (Å²) in [6.45, 7) is 19.6. The molecule has 0 saturated carbocycles. The average molecular weight is 803 g/mol. The molecular formula is C62H58. The topological polar surface area (TPSA) is 0 Å². The van der Waals surface area contributed by atoms with Gasteiger partial charge in [0, 0.05) is 0 Å². The molecule has 3 aliphatic rings. The van der Waals surface area contributed by atoms with Crippen LogP contribution in [0, 0.1) is 17.8 Å². The zero-order chi connectivity index (χ0) is 43.4. The first-order valence-corrected chi connectivity index (χ1v) is 21.9. The fourth-order valence-electron chi connectivity index (χ4n) is 8.47. The monoisotopic (exact) mass is 802 g/mol. The van der Waals surface area contributed by atoms with Crippen LogP contribution in [-0.4, -0.2) is 0 Å². The molecule has 0 heteroatoms. The molecule has 0 N–H and O–H groups in total. The quantitative estimate of drug-likeness (QED) is 0.125. The molecule has 4 aromatic rings. The third-order valence-corrected chi connectivity index (χ3v) is 11.7. The fourth-order valence-corrected chi connectivity index (χ4v) is 8.47. The van der Waals surface area contributed by atoms with Gasteiger partial charge in [0.2, 0.25) is 0 Å². The van der Waals surface area contributed by atoms with E-state index in [1.54, 1.807) is 0 Å². The van der Waals surface area contributed by atoms with Crippen molar-refractivity contribution in [3.05, 3.63) is 276 Å².